The smallest absolute Gasteiger partial charge is 0.346 e. The lowest BCUT2D eigenvalue weighted by atomic mass is 10.1. The second-order valence-corrected chi connectivity index (χ2v) is 9.79. The topological polar surface area (TPSA) is 121 Å². The number of ether oxygens (including phenoxy) is 1. The van der Waals surface area contributed by atoms with Crippen LogP contribution in [0.3, 0.4) is 0 Å². The summed E-state index contributed by atoms with van der Waals surface area (Å²) in [5.74, 6) is 0.441. The Bertz CT molecular complexity index is 860. The molecule has 2 rings (SSSR count). The van der Waals surface area contributed by atoms with Crippen LogP contribution >= 0.6 is 7.60 Å². The van der Waals surface area contributed by atoms with Crippen molar-refractivity contribution in [2.75, 3.05) is 0 Å². The van der Waals surface area contributed by atoms with Crippen molar-refractivity contribution in [2.24, 2.45) is 0 Å². The fourth-order valence-corrected chi connectivity index (χ4v) is 4.87. The van der Waals surface area contributed by atoms with Crippen LogP contribution < -0.4 is 4.74 Å². The Hall–Kier alpha value is -1.70. The van der Waals surface area contributed by atoms with E-state index in [2.05, 4.69) is 0 Å². The van der Waals surface area contributed by atoms with Gasteiger partial charge >= 0.3 is 7.60 Å². The number of hydrogen-bond donors (Lipinski definition) is 3. The summed E-state index contributed by atoms with van der Waals surface area (Å²) in [5, 5.41) is 0. The van der Waals surface area contributed by atoms with Gasteiger partial charge in [-0.15, -0.1) is 0 Å². The molecule has 0 saturated carbocycles. The largest absolute Gasteiger partial charge is 0.490 e. The van der Waals surface area contributed by atoms with E-state index in [1.807, 2.05) is 13.0 Å². The lowest BCUT2D eigenvalue weighted by Gasteiger charge is -2.24. The molecule has 0 bridgehead atoms. The SMILES string of the molecule is Cc1ccc(OC(Cc2ccccc2)CC(P(=O)(O)O)S(=O)(=O)O)cc1. The Morgan fingerprint density at radius 1 is 1.04 bits per heavy atom. The van der Waals surface area contributed by atoms with Crippen molar-refractivity contribution in [3.63, 3.8) is 0 Å². The van der Waals surface area contributed by atoms with Crippen LogP contribution in [0.5, 0.6) is 5.75 Å². The molecule has 0 spiro atoms. The molecule has 0 radical (unpaired) electrons. The molecule has 0 heterocycles. The summed E-state index contributed by atoms with van der Waals surface area (Å²) >= 11 is 0. The maximum atomic E-state index is 11.6. The lowest BCUT2D eigenvalue weighted by molar-refractivity contribution is 0.190. The first-order chi connectivity index (χ1) is 12.1. The predicted octanol–water partition coefficient (Wildman–Crippen LogP) is 2.77. The highest BCUT2D eigenvalue weighted by Crippen LogP contribution is 2.46. The Morgan fingerprint density at radius 3 is 2.12 bits per heavy atom. The molecule has 3 N–H and O–H groups in total. The molecule has 26 heavy (non-hydrogen) atoms. The van der Waals surface area contributed by atoms with Gasteiger partial charge in [-0.05, 0) is 24.6 Å². The van der Waals surface area contributed by atoms with Crippen molar-refractivity contribution in [2.45, 2.75) is 30.9 Å². The van der Waals surface area contributed by atoms with Gasteiger partial charge in [0.2, 0.25) is 0 Å². The second-order valence-electron chi connectivity index (χ2n) is 6.04. The first kappa shape index (κ1) is 20.6. The van der Waals surface area contributed by atoms with E-state index in [0.717, 1.165) is 11.1 Å². The van der Waals surface area contributed by atoms with Crippen LogP contribution in [0, 0.1) is 6.92 Å². The van der Waals surface area contributed by atoms with Crippen molar-refractivity contribution in [1.29, 1.82) is 0 Å². The third-order valence-electron chi connectivity index (χ3n) is 3.81. The molecule has 0 amide bonds. The van der Waals surface area contributed by atoms with E-state index >= 15 is 0 Å². The molecule has 2 aromatic rings. The number of benzene rings is 2. The number of aryl methyl sites for hydroxylation is 1. The quantitative estimate of drug-likeness (QED) is 0.460. The summed E-state index contributed by atoms with van der Waals surface area (Å²) in [4.78, 5) is 16.5. The van der Waals surface area contributed by atoms with Crippen molar-refractivity contribution in [3.8, 4) is 5.75 Å². The van der Waals surface area contributed by atoms with Crippen LogP contribution in [0.2, 0.25) is 0 Å². The molecule has 142 valence electrons. The van der Waals surface area contributed by atoms with E-state index < -0.39 is 35.2 Å². The highest BCUT2D eigenvalue weighted by Gasteiger charge is 2.42. The van der Waals surface area contributed by atoms with E-state index in [4.69, 9.17) is 4.74 Å². The van der Waals surface area contributed by atoms with Gasteiger partial charge in [0.1, 0.15) is 11.9 Å². The molecule has 7 nitrogen and oxygen atoms in total. The third kappa shape index (κ3) is 6.23. The van der Waals surface area contributed by atoms with Crippen LogP contribution in [0.1, 0.15) is 17.5 Å². The summed E-state index contributed by atoms with van der Waals surface area (Å²) in [5.41, 5.74) is 1.81. The van der Waals surface area contributed by atoms with Crippen LogP contribution in [0.4, 0.5) is 0 Å². The van der Waals surface area contributed by atoms with Gasteiger partial charge in [-0.3, -0.25) is 9.12 Å². The van der Waals surface area contributed by atoms with Gasteiger partial charge in [-0.25, -0.2) is 0 Å². The summed E-state index contributed by atoms with van der Waals surface area (Å²) in [6.45, 7) is 1.90. The average Bonchev–Trinajstić information content (AvgIpc) is 2.53. The van der Waals surface area contributed by atoms with Crippen molar-refractivity contribution >= 4 is 17.7 Å². The van der Waals surface area contributed by atoms with Crippen LogP contribution in [-0.2, 0) is 21.1 Å². The molecule has 2 atom stereocenters. The summed E-state index contributed by atoms with van der Waals surface area (Å²) in [6, 6.07) is 16.0. The van der Waals surface area contributed by atoms with E-state index in [0.29, 0.717) is 5.75 Å². The first-order valence-electron chi connectivity index (χ1n) is 7.84. The van der Waals surface area contributed by atoms with E-state index in [-0.39, 0.29) is 6.42 Å². The van der Waals surface area contributed by atoms with Crippen molar-refractivity contribution in [3.05, 3.63) is 65.7 Å². The van der Waals surface area contributed by atoms with Gasteiger partial charge in [0.15, 0.2) is 4.99 Å². The highest BCUT2D eigenvalue weighted by atomic mass is 32.2. The van der Waals surface area contributed by atoms with Gasteiger partial charge in [0, 0.05) is 12.8 Å². The fourth-order valence-electron chi connectivity index (χ4n) is 2.52. The second kappa shape index (κ2) is 8.33. The molecule has 0 saturated heterocycles. The number of rotatable bonds is 8. The van der Waals surface area contributed by atoms with Gasteiger partial charge in [0.05, 0.1) is 0 Å². The van der Waals surface area contributed by atoms with Gasteiger partial charge in [0.25, 0.3) is 10.1 Å². The number of hydrogen-bond acceptors (Lipinski definition) is 4. The molecule has 9 heteroatoms. The zero-order valence-electron chi connectivity index (χ0n) is 14.1. The zero-order valence-corrected chi connectivity index (χ0v) is 15.8. The molecule has 0 aliphatic carbocycles. The highest BCUT2D eigenvalue weighted by molar-refractivity contribution is 7.93. The van der Waals surface area contributed by atoms with Crippen molar-refractivity contribution < 1.29 is 32.1 Å². The Morgan fingerprint density at radius 2 is 1.62 bits per heavy atom. The van der Waals surface area contributed by atoms with E-state index in [9.17, 15) is 27.3 Å². The van der Waals surface area contributed by atoms with E-state index in [1.54, 1.807) is 48.5 Å². The minimum absolute atomic E-state index is 0.223. The molecule has 2 aromatic carbocycles. The third-order valence-corrected chi connectivity index (χ3v) is 7.28. The Kier molecular flexibility index (Phi) is 6.60. The molecular formula is C17H21O7PS. The van der Waals surface area contributed by atoms with Crippen molar-refractivity contribution in [1.82, 2.24) is 0 Å². The monoisotopic (exact) mass is 400 g/mol. The predicted molar refractivity (Wildman–Crippen MR) is 97.7 cm³/mol. The summed E-state index contributed by atoms with van der Waals surface area (Å²) < 4.78 is 49.5. The molecule has 2 unspecified atom stereocenters. The maximum absolute atomic E-state index is 11.6. The normalized spacial score (nSPS) is 14.6. The lowest BCUT2D eigenvalue weighted by Crippen LogP contribution is -2.30. The Labute approximate surface area is 152 Å². The standard InChI is InChI=1S/C17H21O7PS/c1-13-7-9-15(10-8-13)24-16(11-14-5-3-2-4-6-14)12-17(25(18,19)20)26(21,22)23/h2-10,16-17H,11-12H2,1H3,(H2,18,19,20)(H,21,22,23). The minimum atomic E-state index is -5.09. The molecule has 0 aliphatic heterocycles. The first-order valence-corrected chi connectivity index (χ1v) is 11.0. The van der Waals surface area contributed by atoms with Gasteiger partial charge in [-0.2, -0.15) is 8.42 Å². The Balaban J connectivity index is 2.29. The van der Waals surface area contributed by atoms with Gasteiger partial charge in [-0.1, -0.05) is 48.0 Å². The van der Waals surface area contributed by atoms with Gasteiger partial charge < -0.3 is 14.5 Å². The summed E-state index contributed by atoms with van der Waals surface area (Å²) in [7, 11) is -10.0. The van der Waals surface area contributed by atoms with Crippen LogP contribution in [0.25, 0.3) is 0 Å². The molecular weight excluding hydrogens is 379 g/mol. The minimum Gasteiger partial charge on any atom is -0.490 e. The summed E-state index contributed by atoms with van der Waals surface area (Å²) in [6.07, 6.45) is -1.19. The van der Waals surface area contributed by atoms with E-state index in [1.165, 1.54) is 0 Å². The average molecular weight is 400 g/mol. The van der Waals surface area contributed by atoms with Crippen LogP contribution in [-0.4, -0.2) is 33.9 Å². The fraction of sp³-hybridized carbons (Fsp3) is 0.294. The van der Waals surface area contributed by atoms with Crippen LogP contribution in [0.15, 0.2) is 54.6 Å². The maximum Gasteiger partial charge on any atom is 0.346 e. The molecule has 0 fully saturated rings. The zero-order chi connectivity index (χ0) is 19.4. The molecule has 0 aromatic heterocycles. The molecule has 0 aliphatic rings.